The smallest absolute Gasteiger partial charge is 0.129 e. The van der Waals surface area contributed by atoms with Gasteiger partial charge in [-0.3, -0.25) is 0 Å². The molecule has 20 heavy (non-hydrogen) atoms. The molecule has 0 bridgehead atoms. The maximum Gasteiger partial charge on any atom is 0.129 e. The van der Waals surface area contributed by atoms with Crippen molar-refractivity contribution in [3.63, 3.8) is 0 Å². The minimum Gasteiger partial charge on any atom is -0.467 e. The molecule has 1 aromatic rings. The number of piperidine rings is 1. The fourth-order valence-corrected chi connectivity index (χ4v) is 2.47. The molecule has 0 spiro atoms. The maximum absolute atomic E-state index is 5.71. The first kappa shape index (κ1) is 15.5. The van der Waals surface area contributed by atoms with Gasteiger partial charge in [0.15, 0.2) is 0 Å². The minimum atomic E-state index is 0.495. The third kappa shape index (κ3) is 5.65. The van der Waals surface area contributed by atoms with Crippen molar-refractivity contribution < 1.29 is 9.15 Å². The summed E-state index contributed by atoms with van der Waals surface area (Å²) in [5.74, 6) is 0.921. The number of furan rings is 1. The molecule has 114 valence electrons. The predicted octanol–water partition coefficient (Wildman–Crippen LogP) is 2.78. The first-order chi connectivity index (χ1) is 9.74. The Bertz CT molecular complexity index is 370. The SMILES string of the molecule is CC(C)NCc1coc(COCCN2CCCCC2)c1. The van der Waals surface area contributed by atoms with Crippen LogP contribution in [0.15, 0.2) is 16.7 Å². The second-order valence-electron chi connectivity index (χ2n) is 5.91. The zero-order valence-corrected chi connectivity index (χ0v) is 12.9. The summed E-state index contributed by atoms with van der Waals surface area (Å²) in [6, 6.07) is 2.57. The van der Waals surface area contributed by atoms with Crippen LogP contribution in [-0.4, -0.2) is 37.2 Å². The summed E-state index contributed by atoms with van der Waals surface area (Å²) in [5.41, 5.74) is 1.19. The standard InChI is InChI=1S/C16H28N2O2/c1-14(2)17-11-15-10-16(20-12-15)13-19-9-8-18-6-4-3-5-7-18/h10,12,14,17H,3-9,11,13H2,1-2H3. The number of hydrogen-bond donors (Lipinski definition) is 1. The molecule has 4 nitrogen and oxygen atoms in total. The molecule has 0 atom stereocenters. The monoisotopic (exact) mass is 280 g/mol. The van der Waals surface area contributed by atoms with Gasteiger partial charge in [0, 0.05) is 24.7 Å². The topological polar surface area (TPSA) is 37.6 Å². The highest BCUT2D eigenvalue weighted by atomic mass is 16.5. The molecule has 1 fully saturated rings. The van der Waals surface area contributed by atoms with Gasteiger partial charge in [0.05, 0.1) is 12.9 Å². The van der Waals surface area contributed by atoms with Crippen LogP contribution in [-0.2, 0) is 17.9 Å². The first-order valence-corrected chi connectivity index (χ1v) is 7.84. The Morgan fingerprint density at radius 2 is 2.10 bits per heavy atom. The zero-order valence-electron chi connectivity index (χ0n) is 12.9. The Labute approximate surface area is 122 Å². The average molecular weight is 280 g/mol. The summed E-state index contributed by atoms with van der Waals surface area (Å²) in [6.07, 6.45) is 5.88. The molecule has 0 aliphatic carbocycles. The summed E-state index contributed by atoms with van der Waals surface area (Å²) in [5, 5.41) is 3.38. The highest BCUT2D eigenvalue weighted by molar-refractivity contribution is 5.12. The molecular formula is C16H28N2O2. The molecule has 1 aromatic heterocycles. The molecule has 4 heteroatoms. The lowest BCUT2D eigenvalue weighted by atomic mass is 10.1. The van der Waals surface area contributed by atoms with Crippen molar-refractivity contribution in [2.45, 2.75) is 52.3 Å². The van der Waals surface area contributed by atoms with E-state index in [1.807, 2.05) is 6.26 Å². The molecule has 1 aliphatic heterocycles. The average Bonchev–Trinajstić information content (AvgIpc) is 2.90. The summed E-state index contributed by atoms with van der Waals surface area (Å²) >= 11 is 0. The predicted molar refractivity (Wildman–Crippen MR) is 80.6 cm³/mol. The molecule has 0 aromatic carbocycles. The van der Waals surface area contributed by atoms with E-state index < -0.39 is 0 Å². The van der Waals surface area contributed by atoms with Crippen LogP contribution in [0.3, 0.4) is 0 Å². The molecule has 1 saturated heterocycles. The Morgan fingerprint density at radius 1 is 1.30 bits per heavy atom. The van der Waals surface area contributed by atoms with Crippen LogP contribution in [0, 0.1) is 0 Å². The third-order valence-electron chi connectivity index (χ3n) is 3.67. The minimum absolute atomic E-state index is 0.495. The van der Waals surface area contributed by atoms with Crippen molar-refractivity contribution in [3.05, 3.63) is 23.7 Å². The summed E-state index contributed by atoms with van der Waals surface area (Å²) < 4.78 is 11.2. The largest absolute Gasteiger partial charge is 0.467 e. The van der Waals surface area contributed by atoms with Crippen LogP contribution in [0.4, 0.5) is 0 Å². The van der Waals surface area contributed by atoms with Crippen molar-refractivity contribution in [2.24, 2.45) is 0 Å². The lowest BCUT2D eigenvalue weighted by Crippen LogP contribution is -2.32. The van der Waals surface area contributed by atoms with Crippen LogP contribution in [0.1, 0.15) is 44.4 Å². The molecule has 2 rings (SSSR count). The number of likely N-dealkylation sites (tertiary alicyclic amines) is 1. The summed E-state index contributed by atoms with van der Waals surface area (Å²) in [7, 11) is 0. The van der Waals surface area contributed by atoms with Gasteiger partial charge in [-0.2, -0.15) is 0 Å². The van der Waals surface area contributed by atoms with Crippen molar-refractivity contribution in [3.8, 4) is 0 Å². The number of nitrogens with one attached hydrogen (secondary N) is 1. The van der Waals surface area contributed by atoms with Gasteiger partial charge in [-0.05, 0) is 32.0 Å². The Hall–Kier alpha value is -0.840. The van der Waals surface area contributed by atoms with E-state index >= 15 is 0 Å². The Kier molecular flexibility index (Phi) is 6.57. The molecule has 2 heterocycles. The molecule has 1 aliphatic rings. The number of ether oxygens (including phenoxy) is 1. The highest BCUT2D eigenvalue weighted by Gasteiger charge is 2.09. The third-order valence-corrected chi connectivity index (χ3v) is 3.67. The normalized spacial score (nSPS) is 16.9. The quantitative estimate of drug-likeness (QED) is 0.743. The lowest BCUT2D eigenvalue weighted by Gasteiger charge is -2.25. The van der Waals surface area contributed by atoms with Gasteiger partial charge >= 0.3 is 0 Å². The number of nitrogens with zero attached hydrogens (tertiary/aromatic N) is 1. The second kappa shape index (κ2) is 8.45. The molecule has 0 radical (unpaired) electrons. The van der Waals surface area contributed by atoms with Gasteiger partial charge in [-0.15, -0.1) is 0 Å². The van der Waals surface area contributed by atoms with Gasteiger partial charge in [0.1, 0.15) is 12.4 Å². The van der Waals surface area contributed by atoms with Crippen LogP contribution >= 0.6 is 0 Å². The van der Waals surface area contributed by atoms with Crippen LogP contribution < -0.4 is 5.32 Å². The van der Waals surface area contributed by atoms with Crippen molar-refractivity contribution in [2.75, 3.05) is 26.2 Å². The fraction of sp³-hybridized carbons (Fsp3) is 0.750. The van der Waals surface area contributed by atoms with Crippen LogP contribution in [0.5, 0.6) is 0 Å². The lowest BCUT2D eigenvalue weighted by molar-refractivity contribution is 0.0765. The van der Waals surface area contributed by atoms with Crippen LogP contribution in [0.25, 0.3) is 0 Å². The summed E-state index contributed by atoms with van der Waals surface area (Å²) in [4.78, 5) is 2.49. The van der Waals surface area contributed by atoms with E-state index in [2.05, 4.69) is 30.1 Å². The van der Waals surface area contributed by atoms with Gasteiger partial charge < -0.3 is 19.4 Å². The van der Waals surface area contributed by atoms with Crippen molar-refractivity contribution >= 4 is 0 Å². The molecular weight excluding hydrogens is 252 g/mol. The molecule has 0 saturated carbocycles. The Morgan fingerprint density at radius 3 is 2.85 bits per heavy atom. The van der Waals surface area contributed by atoms with Crippen LogP contribution in [0.2, 0.25) is 0 Å². The maximum atomic E-state index is 5.71. The molecule has 1 N–H and O–H groups in total. The van der Waals surface area contributed by atoms with E-state index in [1.54, 1.807) is 0 Å². The van der Waals surface area contributed by atoms with E-state index in [9.17, 15) is 0 Å². The van der Waals surface area contributed by atoms with E-state index in [1.165, 1.54) is 37.9 Å². The Balaban J connectivity index is 1.59. The zero-order chi connectivity index (χ0) is 14.2. The van der Waals surface area contributed by atoms with E-state index in [0.29, 0.717) is 12.6 Å². The van der Waals surface area contributed by atoms with E-state index in [0.717, 1.165) is 25.5 Å². The van der Waals surface area contributed by atoms with Gasteiger partial charge in [0.25, 0.3) is 0 Å². The van der Waals surface area contributed by atoms with E-state index in [-0.39, 0.29) is 0 Å². The van der Waals surface area contributed by atoms with E-state index in [4.69, 9.17) is 9.15 Å². The van der Waals surface area contributed by atoms with Gasteiger partial charge in [-0.25, -0.2) is 0 Å². The highest BCUT2D eigenvalue weighted by Crippen LogP contribution is 2.10. The summed E-state index contributed by atoms with van der Waals surface area (Å²) in [6.45, 7) is 10.0. The van der Waals surface area contributed by atoms with Gasteiger partial charge in [-0.1, -0.05) is 20.3 Å². The molecule has 0 unspecified atom stereocenters. The first-order valence-electron chi connectivity index (χ1n) is 7.84. The number of hydrogen-bond acceptors (Lipinski definition) is 4. The van der Waals surface area contributed by atoms with Crippen molar-refractivity contribution in [1.82, 2.24) is 10.2 Å². The van der Waals surface area contributed by atoms with Crippen molar-refractivity contribution in [1.29, 1.82) is 0 Å². The van der Waals surface area contributed by atoms with Gasteiger partial charge in [0.2, 0.25) is 0 Å². The second-order valence-corrected chi connectivity index (χ2v) is 5.91. The fourth-order valence-electron chi connectivity index (χ4n) is 2.47. The number of rotatable bonds is 8. The molecule has 0 amide bonds.